The van der Waals surface area contributed by atoms with Crippen LogP contribution in [0.25, 0.3) is 0 Å². The number of ether oxygens (including phenoxy) is 2. The first-order valence-electron chi connectivity index (χ1n) is 10.9. The van der Waals surface area contributed by atoms with Crippen molar-refractivity contribution in [2.24, 2.45) is 5.92 Å². The van der Waals surface area contributed by atoms with Crippen LogP contribution in [0.15, 0.2) is 18.2 Å². The summed E-state index contributed by atoms with van der Waals surface area (Å²) in [5.41, 5.74) is 0.531. The zero-order valence-corrected chi connectivity index (χ0v) is 20.6. The number of hydrogen-bond acceptors (Lipinski definition) is 6. The van der Waals surface area contributed by atoms with Gasteiger partial charge in [0.2, 0.25) is 15.9 Å². The van der Waals surface area contributed by atoms with Gasteiger partial charge < -0.3 is 19.3 Å². The minimum atomic E-state index is -3.50. The van der Waals surface area contributed by atoms with Gasteiger partial charge >= 0.3 is 0 Å². The number of carbonyl (C=O) groups is 2. The molecule has 10 heteroatoms. The Kier molecular flexibility index (Phi) is 8.91. The molecule has 0 aliphatic carbocycles. The molecule has 1 N–H and O–H groups in total. The van der Waals surface area contributed by atoms with E-state index in [0.717, 1.165) is 0 Å². The molecule has 0 bridgehead atoms. The van der Waals surface area contributed by atoms with Gasteiger partial charge in [0.05, 0.1) is 23.5 Å². The Balaban J connectivity index is 2.48. The van der Waals surface area contributed by atoms with Gasteiger partial charge in [-0.3, -0.25) is 14.3 Å². The molecule has 0 saturated heterocycles. The van der Waals surface area contributed by atoms with E-state index in [-0.39, 0.29) is 53.5 Å². The van der Waals surface area contributed by atoms with Crippen LogP contribution in [0.4, 0.5) is 5.69 Å². The van der Waals surface area contributed by atoms with Crippen molar-refractivity contribution in [2.75, 3.05) is 44.3 Å². The maximum absolute atomic E-state index is 13.3. The molecule has 0 saturated carbocycles. The second-order valence-electron chi connectivity index (χ2n) is 8.21. The third kappa shape index (κ3) is 6.35. The minimum absolute atomic E-state index is 0.0187. The van der Waals surface area contributed by atoms with Gasteiger partial charge in [0.25, 0.3) is 5.91 Å². The number of benzene rings is 1. The quantitative estimate of drug-likeness (QED) is 0.709. The Morgan fingerprint density at radius 2 is 1.94 bits per heavy atom. The van der Waals surface area contributed by atoms with E-state index in [4.69, 9.17) is 9.47 Å². The molecule has 3 atom stereocenters. The number of methoxy groups -OCH3 is 1. The van der Waals surface area contributed by atoms with Gasteiger partial charge in [0.15, 0.2) is 0 Å². The van der Waals surface area contributed by atoms with Crippen molar-refractivity contribution in [1.82, 2.24) is 9.80 Å². The summed E-state index contributed by atoms with van der Waals surface area (Å²) < 4.78 is 38.1. The first-order chi connectivity index (χ1) is 15.0. The molecule has 0 radical (unpaired) electrons. The fourth-order valence-electron chi connectivity index (χ4n) is 3.64. The van der Waals surface area contributed by atoms with Gasteiger partial charge in [0.1, 0.15) is 12.4 Å². The standard InChI is InChI=1S/C22H35N3O6S/c1-7-21(26)25-12-15(3)20(30-6)13-24(5)22(27)18-11-17(23-32(28,29)8-2)9-10-19(18)31-14-16(25)4/h9-11,15-16,20,23H,7-8,12-14H2,1-6H3/t15-,16+,20+/m0/s1. The molecule has 0 unspecified atom stereocenters. The summed E-state index contributed by atoms with van der Waals surface area (Å²) in [5, 5.41) is 0. The number of nitrogens with zero attached hydrogens (tertiary/aromatic N) is 2. The van der Waals surface area contributed by atoms with Crippen molar-refractivity contribution in [1.29, 1.82) is 0 Å². The van der Waals surface area contributed by atoms with Crippen molar-refractivity contribution in [3.8, 4) is 5.75 Å². The van der Waals surface area contributed by atoms with Crippen LogP contribution in [-0.2, 0) is 19.6 Å². The third-order valence-electron chi connectivity index (χ3n) is 5.72. The average molecular weight is 470 g/mol. The van der Waals surface area contributed by atoms with E-state index in [1.165, 1.54) is 17.9 Å². The molecule has 0 aromatic heterocycles. The molecule has 2 rings (SSSR count). The van der Waals surface area contributed by atoms with Crippen molar-refractivity contribution >= 4 is 27.5 Å². The van der Waals surface area contributed by atoms with Crippen molar-refractivity contribution in [2.45, 2.75) is 46.3 Å². The Bertz CT molecular complexity index is 920. The highest BCUT2D eigenvalue weighted by atomic mass is 32.2. The van der Waals surface area contributed by atoms with E-state index < -0.39 is 10.0 Å². The largest absolute Gasteiger partial charge is 0.491 e. The van der Waals surface area contributed by atoms with E-state index >= 15 is 0 Å². The van der Waals surface area contributed by atoms with E-state index in [9.17, 15) is 18.0 Å². The van der Waals surface area contributed by atoms with Crippen LogP contribution in [0.2, 0.25) is 0 Å². The van der Waals surface area contributed by atoms with Gasteiger partial charge in [0, 0.05) is 45.3 Å². The van der Waals surface area contributed by atoms with Crippen LogP contribution in [0.3, 0.4) is 0 Å². The molecule has 1 heterocycles. The van der Waals surface area contributed by atoms with Crippen LogP contribution < -0.4 is 9.46 Å². The Labute approximate surface area is 191 Å². The predicted molar refractivity (Wildman–Crippen MR) is 123 cm³/mol. The lowest BCUT2D eigenvalue weighted by Crippen LogP contribution is -2.48. The fourth-order valence-corrected chi connectivity index (χ4v) is 4.27. The summed E-state index contributed by atoms with van der Waals surface area (Å²) in [6.07, 6.45) is 0.0961. The van der Waals surface area contributed by atoms with Crippen molar-refractivity contribution in [3.63, 3.8) is 0 Å². The SMILES string of the molecule is CCC(=O)N1C[C@H](C)[C@H](OC)CN(C)C(=O)c2cc(NS(=O)(=O)CC)ccc2OC[C@H]1C. The van der Waals surface area contributed by atoms with Gasteiger partial charge in [-0.25, -0.2) is 8.42 Å². The number of nitrogens with one attached hydrogen (secondary N) is 1. The fraction of sp³-hybridized carbons (Fsp3) is 0.636. The number of hydrogen-bond donors (Lipinski definition) is 1. The molecule has 32 heavy (non-hydrogen) atoms. The van der Waals surface area contributed by atoms with E-state index in [0.29, 0.717) is 25.3 Å². The topological polar surface area (TPSA) is 105 Å². The molecule has 1 aromatic carbocycles. The Hall–Kier alpha value is -2.33. The lowest BCUT2D eigenvalue weighted by atomic mass is 10.0. The highest BCUT2D eigenvalue weighted by molar-refractivity contribution is 7.92. The van der Waals surface area contributed by atoms with Crippen LogP contribution in [0.1, 0.15) is 44.5 Å². The molecule has 9 nitrogen and oxygen atoms in total. The molecular formula is C22H35N3O6S. The summed E-state index contributed by atoms with van der Waals surface area (Å²) in [6, 6.07) is 4.40. The van der Waals surface area contributed by atoms with E-state index in [2.05, 4.69) is 4.72 Å². The minimum Gasteiger partial charge on any atom is -0.491 e. The van der Waals surface area contributed by atoms with Gasteiger partial charge in [-0.05, 0) is 32.0 Å². The number of carbonyl (C=O) groups excluding carboxylic acids is 2. The summed E-state index contributed by atoms with van der Waals surface area (Å²) in [4.78, 5) is 29.2. The Morgan fingerprint density at radius 3 is 2.53 bits per heavy atom. The zero-order valence-electron chi connectivity index (χ0n) is 19.8. The van der Waals surface area contributed by atoms with E-state index in [1.807, 2.05) is 20.8 Å². The molecule has 1 aliphatic rings. The second-order valence-corrected chi connectivity index (χ2v) is 10.2. The molecular weight excluding hydrogens is 434 g/mol. The summed E-state index contributed by atoms with van der Waals surface area (Å²) in [5.74, 6) is -0.0505. The first-order valence-corrected chi connectivity index (χ1v) is 12.5. The monoisotopic (exact) mass is 469 g/mol. The van der Waals surface area contributed by atoms with Crippen molar-refractivity contribution in [3.05, 3.63) is 23.8 Å². The zero-order chi connectivity index (χ0) is 24.1. The molecule has 2 amide bonds. The van der Waals surface area contributed by atoms with Gasteiger partial charge in [-0.15, -0.1) is 0 Å². The highest BCUT2D eigenvalue weighted by Gasteiger charge is 2.30. The Morgan fingerprint density at radius 1 is 1.25 bits per heavy atom. The normalized spacial score (nSPS) is 22.9. The molecule has 0 spiro atoms. The van der Waals surface area contributed by atoms with E-state index in [1.54, 1.807) is 31.2 Å². The van der Waals surface area contributed by atoms with Gasteiger partial charge in [-0.2, -0.15) is 0 Å². The van der Waals surface area contributed by atoms with Crippen LogP contribution in [-0.4, -0.2) is 81.8 Å². The molecule has 1 aliphatic heterocycles. The number of amides is 2. The summed E-state index contributed by atoms with van der Waals surface area (Å²) in [6.45, 7) is 8.25. The highest BCUT2D eigenvalue weighted by Crippen LogP contribution is 2.27. The van der Waals surface area contributed by atoms with Crippen LogP contribution >= 0.6 is 0 Å². The first kappa shape index (κ1) is 25.9. The molecule has 0 fully saturated rings. The number of likely N-dealkylation sites (N-methyl/N-ethyl adjacent to an activating group) is 1. The predicted octanol–water partition coefficient (Wildman–Crippen LogP) is 2.19. The number of fused-ring (bicyclic) bond motifs is 1. The third-order valence-corrected chi connectivity index (χ3v) is 7.03. The smallest absolute Gasteiger partial charge is 0.257 e. The van der Waals surface area contributed by atoms with Crippen molar-refractivity contribution < 1.29 is 27.5 Å². The lowest BCUT2D eigenvalue weighted by Gasteiger charge is -2.36. The lowest BCUT2D eigenvalue weighted by molar-refractivity contribution is -0.135. The maximum Gasteiger partial charge on any atom is 0.257 e. The molecule has 180 valence electrons. The van der Waals surface area contributed by atoms with Crippen LogP contribution in [0.5, 0.6) is 5.75 Å². The second kappa shape index (κ2) is 11.0. The van der Waals surface area contributed by atoms with Gasteiger partial charge in [-0.1, -0.05) is 13.8 Å². The average Bonchev–Trinajstić information content (AvgIpc) is 2.77. The number of anilines is 1. The number of sulfonamides is 1. The molecule has 1 aromatic rings. The summed E-state index contributed by atoms with van der Waals surface area (Å²) >= 11 is 0. The maximum atomic E-state index is 13.3. The number of rotatable bonds is 5. The van der Waals surface area contributed by atoms with Crippen LogP contribution in [0, 0.1) is 5.92 Å². The summed E-state index contributed by atoms with van der Waals surface area (Å²) in [7, 11) is -0.242.